The van der Waals surface area contributed by atoms with E-state index in [0.717, 1.165) is 16.7 Å². The molecule has 1 heterocycles. The minimum absolute atomic E-state index is 0.179. The number of benzene rings is 3. The number of hydrogen-bond acceptors (Lipinski definition) is 5. The number of ether oxygens (including phenoxy) is 1. The Balaban J connectivity index is 1.66. The van der Waals surface area contributed by atoms with E-state index in [0.29, 0.717) is 12.4 Å². The molecule has 0 spiro atoms. The van der Waals surface area contributed by atoms with Gasteiger partial charge >= 0.3 is 6.09 Å². The summed E-state index contributed by atoms with van der Waals surface area (Å²) in [6.07, 6.45) is -0.457. The van der Waals surface area contributed by atoms with Crippen molar-refractivity contribution in [2.24, 2.45) is 0 Å². The van der Waals surface area contributed by atoms with Gasteiger partial charge in [0.2, 0.25) is 5.82 Å². The van der Waals surface area contributed by atoms with E-state index in [-0.39, 0.29) is 6.61 Å². The highest BCUT2D eigenvalue weighted by Gasteiger charge is 2.31. The van der Waals surface area contributed by atoms with Gasteiger partial charge in [-0.1, -0.05) is 96.2 Å². The van der Waals surface area contributed by atoms with Gasteiger partial charge in [-0.15, -0.1) is 10.2 Å². The molecule has 0 bridgehead atoms. The van der Waals surface area contributed by atoms with E-state index in [1.165, 1.54) is 0 Å². The van der Waals surface area contributed by atoms with Crippen LogP contribution in [0.15, 0.2) is 91.0 Å². The molecule has 1 aromatic heterocycles. The molecule has 0 aliphatic heterocycles. The first-order valence-electron chi connectivity index (χ1n) is 9.61. The molecule has 30 heavy (non-hydrogen) atoms. The van der Waals surface area contributed by atoms with Gasteiger partial charge in [0.25, 0.3) is 0 Å². The average molecular weight is 399 g/mol. The number of aromatic nitrogens is 4. The third-order valence-electron chi connectivity index (χ3n) is 4.67. The van der Waals surface area contributed by atoms with Crippen molar-refractivity contribution in [3.63, 3.8) is 0 Å². The summed E-state index contributed by atoms with van der Waals surface area (Å²) in [5.74, 6) is 0.397. The maximum Gasteiger partial charge on any atom is 0.411 e. The number of hydrogen-bond donors (Lipinski definition) is 1. The molecule has 0 saturated carbocycles. The summed E-state index contributed by atoms with van der Waals surface area (Å²) in [6.45, 7) is 0.515. The van der Waals surface area contributed by atoms with Gasteiger partial charge in [-0.2, -0.15) is 5.21 Å². The summed E-state index contributed by atoms with van der Waals surface area (Å²) in [5.41, 5.74) is 2.76. The molecule has 0 fully saturated rings. The summed E-state index contributed by atoms with van der Waals surface area (Å²) in [6, 6.07) is 28.4. The monoisotopic (exact) mass is 399 g/mol. The molecule has 7 nitrogen and oxygen atoms in total. The third-order valence-corrected chi connectivity index (χ3v) is 4.67. The number of carbonyl (C=O) groups is 1. The van der Waals surface area contributed by atoms with E-state index < -0.39 is 12.1 Å². The SMILES string of the molecule is O=C(OCc1ccccc1)N(Cc1ccccc1)[C@H](c1ccccc1)c1nn[nH]n1. The van der Waals surface area contributed by atoms with E-state index in [1.807, 2.05) is 91.0 Å². The summed E-state index contributed by atoms with van der Waals surface area (Å²) < 4.78 is 5.66. The van der Waals surface area contributed by atoms with Crippen molar-refractivity contribution in [1.82, 2.24) is 25.5 Å². The van der Waals surface area contributed by atoms with Crippen LogP contribution in [0.25, 0.3) is 0 Å². The fraction of sp³-hybridized carbons (Fsp3) is 0.130. The summed E-state index contributed by atoms with van der Waals surface area (Å²) in [7, 11) is 0. The second-order valence-electron chi connectivity index (χ2n) is 6.74. The van der Waals surface area contributed by atoms with Crippen LogP contribution in [0.5, 0.6) is 0 Å². The average Bonchev–Trinajstić information content (AvgIpc) is 3.33. The van der Waals surface area contributed by atoms with E-state index in [2.05, 4.69) is 20.6 Å². The van der Waals surface area contributed by atoms with Crippen LogP contribution in [0.4, 0.5) is 4.79 Å². The third kappa shape index (κ3) is 4.70. The maximum absolute atomic E-state index is 13.2. The Morgan fingerprint density at radius 3 is 2.07 bits per heavy atom. The molecule has 0 aliphatic rings. The normalized spacial score (nSPS) is 11.6. The second-order valence-corrected chi connectivity index (χ2v) is 6.74. The van der Waals surface area contributed by atoms with E-state index in [9.17, 15) is 4.79 Å². The van der Waals surface area contributed by atoms with Crippen LogP contribution in [0, 0.1) is 0 Å². The number of tetrazole rings is 1. The minimum atomic E-state index is -0.548. The molecule has 1 atom stereocenters. The molecule has 150 valence electrons. The first-order valence-corrected chi connectivity index (χ1v) is 9.61. The van der Waals surface area contributed by atoms with Crippen LogP contribution in [0.3, 0.4) is 0 Å². The fourth-order valence-electron chi connectivity index (χ4n) is 3.23. The second kappa shape index (κ2) is 9.47. The molecule has 4 aromatic rings. The predicted octanol–water partition coefficient (Wildman–Crippen LogP) is 4.13. The van der Waals surface area contributed by atoms with Crippen LogP contribution >= 0.6 is 0 Å². The lowest BCUT2D eigenvalue weighted by Gasteiger charge is -2.29. The van der Waals surface area contributed by atoms with Crippen molar-refractivity contribution in [2.75, 3.05) is 0 Å². The highest BCUT2D eigenvalue weighted by Crippen LogP contribution is 2.28. The molecular formula is C23H21N5O2. The number of rotatable bonds is 7. The molecular weight excluding hydrogens is 378 g/mol. The molecule has 0 unspecified atom stereocenters. The minimum Gasteiger partial charge on any atom is -0.445 e. The van der Waals surface area contributed by atoms with Crippen LogP contribution < -0.4 is 0 Å². The first kappa shape index (κ1) is 19.3. The van der Waals surface area contributed by atoms with E-state index in [4.69, 9.17) is 4.74 Å². The Kier molecular flexibility index (Phi) is 6.10. The first-order chi connectivity index (χ1) is 14.8. The van der Waals surface area contributed by atoms with Gasteiger partial charge in [-0.3, -0.25) is 4.90 Å². The van der Waals surface area contributed by atoms with Gasteiger partial charge in [0, 0.05) is 0 Å². The summed E-state index contributed by atoms with van der Waals surface area (Å²) in [4.78, 5) is 14.9. The largest absolute Gasteiger partial charge is 0.445 e. The zero-order chi connectivity index (χ0) is 20.6. The van der Waals surface area contributed by atoms with Gasteiger partial charge in [0.15, 0.2) is 0 Å². The standard InChI is InChI=1S/C23H21N5O2/c29-23(30-17-19-12-6-2-7-13-19)28(16-18-10-4-1-5-11-18)21(22-24-26-27-25-22)20-14-8-3-9-15-20/h1-15,21H,16-17H2,(H,24,25,26,27)/t21-/m1/s1. The number of nitrogens with one attached hydrogen (secondary N) is 1. The molecule has 1 N–H and O–H groups in total. The molecule has 1 amide bonds. The molecule has 4 rings (SSSR count). The lowest BCUT2D eigenvalue weighted by molar-refractivity contribution is 0.0817. The molecule has 0 radical (unpaired) electrons. The van der Waals surface area contributed by atoms with Crippen molar-refractivity contribution in [3.8, 4) is 0 Å². The Hall–Kier alpha value is -4.00. The quantitative estimate of drug-likeness (QED) is 0.505. The lowest BCUT2D eigenvalue weighted by atomic mass is 10.0. The summed E-state index contributed by atoms with van der Waals surface area (Å²) >= 11 is 0. The van der Waals surface area contributed by atoms with Crippen molar-refractivity contribution < 1.29 is 9.53 Å². The number of H-pyrrole nitrogens is 1. The number of nitrogens with zero attached hydrogens (tertiary/aromatic N) is 4. The summed E-state index contributed by atoms with van der Waals surface area (Å²) in [5, 5.41) is 14.5. The van der Waals surface area contributed by atoms with Crippen molar-refractivity contribution in [2.45, 2.75) is 19.2 Å². The van der Waals surface area contributed by atoms with Gasteiger partial charge in [0.1, 0.15) is 12.6 Å². The highest BCUT2D eigenvalue weighted by atomic mass is 16.6. The maximum atomic E-state index is 13.2. The van der Waals surface area contributed by atoms with Crippen LogP contribution in [-0.2, 0) is 17.9 Å². The van der Waals surface area contributed by atoms with E-state index in [1.54, 1.807) is 4.90 Å². The fourth-order valence-corrected chi connectivity index (χ4v) is 3.23. The molecule has 0 aliphatic carbocycles. The molecule has 0 saturated heterocycles. The van der Waals surface area contributed by atoms with Gasteiger partial charge in [-0.25, -0.2) is 4.79 Å². The van der Waals surface area contributed by atoms with E-state index >= 15 is 0 Å². The van der Waals surface area contributed by atoms with Crippen LogP contribution in [0.1, 0.15) is 28.6 Å². The van der Waals surface area contributed by atoms with Gasteiger partial charge < -0.3 is 4.74 Å². The van der Waals surface area contributed by atoms with Gasteiger partial charge in [-0.05, 0) is 16.7 Å². The Morgan fingerprint density at radius 2 is 1.47 bits per heavy atom. The molecule has 7 heteroatoms. The Labute approximate surface area is 174 Å². The topological polar surface area (TPSA) is 84.0 Å². The zero-order valence-corrected chi connectivity index (χ0v) is 16.3. The number of carbonyl (C=O) groups excluding carboxylic acids is 1. The highest BCUT2D eigenvalue weighted by molar-refractivity contribution is 5.69. The predicted molar refractivity (Wildman–Crippen MR) is 111 cm³/mol. The lowest BCUT2D eigenvalue weighted by Crippen LogP contribution is -2.36. The molecule has 3 aromatic carbocycles. The Bertz CT molecular complexity index is 1040. The van der Waals surface area contributed by atoms with Crippen LogP contribution in [0.2, 0.25) is 0 Å². The van der Waals surface area contributed by atoms with Crippen LogP contribution in [-0.4, -0.2) is 31.6 Å². The number of aromatic amines is 1. The van der Waals surface area contributed by atoms with Gasteiger partial charge in [0.05, 0.1) is 6.54 Å². The Morgan fingerprint density at radius 1 is 0.867 bits per heavy atom. The van der Waals surface area contributed by atoms with Crippen molar-refractivity contribution in [1.29, 1.82) is 0 Å². The number of amides is 1. The smallest absolute Gasteiger partial charge is 0.411 e. The van der Waals surface area contributed by atoms with Crippen molar-refractivity contribution >= 4 is 6.09 Å². The van der Waals surface area contributed by atoms with Crippen molar-refractivity contribution in [3.05, 3.63) is 114 Å². The zero-order valence-electron chi connectivity index (χ0n) is 16.3.